The average Bonchev–Trinajstić information content (AvgIpc) is 2.58. The van der Waals surface area contributed by atoms with Crippen molar-refractivity contribution in [2.24, 2.45) is 0 Å². The van der Waals surface area contributed by atoms with Crippen LogP contribution in [-0.4, -0.2) is 11.6 Å². The molecule has 23 heavy (non-hydrogen) atoms. The molecule has 0 atom stereocenters. The maximum absolute atomic E-state index is 6.11. The number of aryl methyl sites for hydroxylation is 1. The molecule has 0 aliphatic heterocycles. The zero-order valence-corrected chi connectivity index (χ0v) is 13.3. The van der Waals surface area contributed by atoms with E-state index >= 15 is 0 Å². The number of ether oxygens (including phenoxy) is 2. The maximum atomic E-state index is 6.11. The first-order valence-electron chi connectivity index (χ1n) is 7.69. The van der Waals surface area contributed by atoms with Crippen molar-refractivity contribution in [3.05, 3.63) is 72.4 Å². The van der Waals surface area contributed by atoms with Crippen LogP contribution in [0.1, 0.15) is 12.5 Å². The van der Waals surface area contributed by atoms with E-state index in [4.69, 9.17) is 9.47 Å². The number of pyridine rings is 1. The molecule has 0 N–H and O–H groups in total. The van der Waals surface area contributed by atoms with Crippen molar-refractivity contribution < 1.29 is 9.47 Å². The predicted octanol–water partition coefficient (Wildman–Crippen LogP) is 5.25. The lowest BCUT2D eigenvalue weighted by atomic mass is 10.1. The highest BCUT2D eigenvalue weighted by atomic mass is 16.5. The van der Waals surface area contributed by atoms with Crippen LogP contribution in [0.25, 0.3) is 11.3 Å². The first-order valence-corrected chi connectivity index (χ1v) is 7.69. The van der Waals surface area contributed by atoms with Gasteiger partial charge in [-0.05, 0) is 43.7 Å². The molecule has 1 aromatic heterocycles. The van der Waals surface area contributed by atoms with E-state index in [2.05, 4.69) is 4.98 Å². The number of aromatic nitrogens is 1. The molecule has 0 radical (unpaired) electrons. The van der Waals surface area contributed by atoms with Crippen LogP contribution < -0.4 is 9.47 Å². The summed E-state index contributed by atoms with van der Waals surface area (Å²) in [4.78, 5) is 4.48. The Bertz CT molecular complexity index is 785. The molecule has 0 aliphatic carbocycles. The van der Waals surface area contributed by atoms with Gasteiger partial charge >= 0.3 is 0 Å². The van der Waals surface area contributed by atoms with Gasteiger partial charge in [0, 0.05) is 17.8 Å². The molecule has 0 unspecified atom stereocenters. The van der Waals surface area contributed by atoms with Gasteiger partial charge in [-0.3, -0.25) is 4.98 Å². The van der Waals surface area contributed by atoms with Crippen LogP contribution in [0.2, 0.25) is 0 Å². The maximum Gasteiger partial charge on any atom is 0.139 e. The fourth-order valence-corrected chi connectivity index (χ4v) is 2.41. The number of para-hydroxylation sites is 2. The normalized spacial score (nSPS) is 10.3. The molecule has 3 rings (SSSR count). The van der Waals surface area contributed by atoms with Crippen molar-refractivity contribution in [1.82, 2.24) is 4.98 Å². The molecule has 0 saturated heterocycles. The third-order valence-electron chi connectivity index (χ3n) is 3.49. The van der Waals surface area contributed by atoms with Crippen molar-refractivity contribution in [1.29, 1.82) is 0 Å². The van der Waals surface area contributed by atoms with Crippen LogP contribution in [0.5, 0.6) is 17.2 Å². The quantitative estimate of drug-likeness (QED) is 0.645. The molecule has 0 bridgehead atoms. The van der Waals surface area contributed by atoms with Crippen molar-refractivity contribution >= 4 is 0 Å². The molecule has 3 nitrogen and oxygen atoms in total. The van der Waals surface area contributed by atoms with Gasteiger partial charge in [0.15, 0.2) is 0 Å². The summed E-state index contributed by atoms with van der Waals surface area (Å²) < 4.78 is 11.7. The molecule has 3 aromatic rings. The first-order chi connectivity index (χ1) is 11.3. The molecule has 1 heterocycles. The molecule has 0 amide bonds. The third kappa shape index (κ3) is 3.51. The largest absolute Gasteiger partial charge is 0.494 e. The first kappa shape index (κ1) is 15.1. The van der Waals surface area contributed by atoms with Crippen LogP contribution >= 0.6 is 0 Å². The van der Waals surface area contributed by atoms with Gasteiger partial charge in [-0.1, -0.05) is 30.3 Å². The second-order valence-electron chi connectivity index (χ2n) is 5.18. The Labute approximate surface area is 136 Å². The molecule has 116 valence electrons. The van der Waals surface area contributed by atoms with Crippen molar-refractivity contribution in [3.8, 4) is 28.5 Å². The summed E-state index contributed by atoms with van der Waals surface area (Å²) >= 11 is 0. The smallest absolute Gasteiger partial charge is 0.139 e. The van der Waals surface area contributed by atoms with E-state index in [1.165, 1.54) is 0 Å². The van der Waals surface area contributed by atoms with Gasteiger partial charge in [-0.25, -0.2) is 0 Å². The van der Waals surface area contributed by atoms with Crippen LogP contribution in [-0.2, 0) is 0 Å². The lowest BCUT2D eigenvalue weighted by Crippen LogP contribution is -1.95. The summed E-state index contributed by atoms with van der Waals surface area (Å²) in [5.74, 6) is 2.44. The number of hydrogen-bond acceptors (Lipinski definition) is 3. The van der Waals surface area contributed by atoms with E-state index in [1.807, 2.05) is 74.5 Å². The zero-order chi connectivity index (χ0) is 16.1. The topological polar surface area (TPSA) is 31.4 Å². The summed E-state index contributed by atoms with van der Waals surface area (Å²) in [6, 6.07) is 19.6. The molecule has 0 saturated carbocycles. The lowest BCUT2D eigenvalue weighted by molar-refractivity contribution is 0.340. The standard InChI is InChI=1S/C20H19NO2/c1-3-22-17-12-13-21-19(14-17)18-11-7-8-15(2)20(18)23-16-9-5-4-6-10-16/h4-14H,3H2,1-2H3. The van der Waals surface area contributed by atoms with Gasteiger partial charge in [-0.15, -0.1) is 0 Å². The van der Waals surface area contributed by atoms with Crippen molar-refractivity contribution in [2.45, 2.75) is 13.8 Å². The second kappa shape index (κ2) is 6.97. The number of hydrogen-bond donors (Lipinski definition) is 0. The molecule has 0 aliphatic rings. The van der Waals surface area contributed by atoms with E-state index in [-0.39, 0.29) is 0 Å². The average molecular weight is 305 g/mol. The molecule has 3 heteroatoms. The fraction of sp³-hybridized carbons (Fsp3) is 0.150. The minimum absolute atomic E-state index is 0.630. The monoisotopic (exact) mass is 305 g/mol. The van der Waals surface area contributed by atoms with Gasteiger partial charge in [-0.2, -0.15) is 0 Å². The Morgan fingerprint density at radius 2 is 1.74 bits per heavy atom. The van der Waals surface area contributed by atoms with Gasteiger partial charge in [0.1, 0.15) is 17.2 Å². The number of nitrogens with zero attached hydrogens (tertiary/aromatic N) is 1. The molecular formula is C20H19NO2. The van der Waals surface area contributed by atoms with Gasteiger partial charge in [0.2, 0.25) is 0 Å². The van der Waals surface area contributed by atoms with Crippen LogP contribution in [0.15, 0.2) is 66.9 Å². The summed E-state index contributed by atoms with van der Waals surface area (Å²) in [5, 5.41) is 0. The van der Waals surface area contributed by atoms with Crippen LogP contribution in [0.3, 0.4) is 0 Å². The Hall–Kier alpha value is -2.81. The fourth-order valence-electron chi connectivity index (χ4n) is 2.41. The third-order valence-corrected chi connectivity index (χ3v) is 3.49. The van der Waals surface area contributed by atoms with E-state index in [0.717, 1.165) is 34.1 Å². The van der Waals surface area contributed by atoms with E-state index < -0.39 is 0 Å². The number of benzene rings is 2. The Balaban J connectivity index is 2.02. The summed E-state index contributed by atoms with van der Waals surface area (Å²) in [7, 11) is 0. The Morgan fingerprint density at radius 3 is 2.52 bits per heavy atom. The Morgan fingerprint density at radius 1 is 0.913 bits per heavy atom. The highest BCUT2D eigenvalue weighted by Gasteiger charge is 2.12. The van der Waals surface area contributed by atoms with Crippen molar-refractivity contribution in [3.63, 3.8) is 0 Å². The van der Waals surface area contributed by atoms with E-state index in [9.17, 15) is 0 Å². The highest BCUT2D eigenvalue weighted by molar-refractivity contribution is 5.70. The van der Waals surface area contributed by atoms with E-state index in [1.54, 1.807) is 6.20 Å². The van der Waals surface area contributed by atoms with Gasteiger partial charge < -0.3 is 9.47 Å². The zero-order valence-electron chi connectivity index (χ0n) is 13.3. The predicted molar refractivity (Wildman–Crippen MR) is 92.1 cm³/mol. The molecular weight excluding hydrogens is 286 g/mol. The molecule has 2 aromatic carbocycles. The second-order valence-corrected chi connectivity index (χ2v) is 5.18. The summed E-state index contributed by atoms with van der Waals surface area (Å²) in [6.45, 7) is 4.63. The summed E-state index contributed by atoms with van der Waals surface area (Å²) in [5.41, 5.74) is 2.86. The number of rotatable bonds is 5. The summed E-state index contributed by atoms with van der Waals surface area (Å²) in [6.07, 6.45) is 1.76. The lowest BCUT2D eigenvalue weighted by Gasteiger charge is -2.14. The van der Waals surface area contributed by atoms with Gasteiger partial charge in [0.25, 0.3) is 0 Å². The SMILES string of the molecule is CCOc1ccnc(-c2cccc(C)c2Oc2ccccc2)c1. The molecule has 0 fully saturated rings. The van der Waals surface area contributed by atoms with Crippen LogP contribution in [0, 0.1) is 6.92 Å². The van der Waals surface area contributed by atoms with E-state index in [0.29, 0.717) is 6.61 Å². The Kier molecular flexibility index (Phi) is 4.57. The van der Waals surface area contributed by atoms with Crippen LogP contribution in [0.4, 0.5) is 0 Å². The van der Waals surface area contributed by atoms with Crippen molar-refractivity contribution in [2.75, 3.05) is 6.61 Å². The molecule has 0 spiro atoms. The van der Waals surface area contributed by atoms with Gasteiger partial charge in [0.05, 0.1) is 12.3 Å². The highest BCUT2D eigenvalue weighted by Crippen LogP contribution is 2.36. The minimum atomic E-state index is 0.630. The minimum Gasteiger partial charge on any atom is -0.494 e.